The zero-order valence-electron chi connectivity index (χ0n) is 10.2. The highest BCUT2D eigenvalue weighted by Gasteiger charge is 2.18. The molecule has 0 saturated carbocycles. The van der Waals surface area contributed by atoms with Crippen LogP contribution in [0.4, 0.5) is 0 Å². The van der Waals surface area contributed by atoms with E-state index in [-0.39, 0.29) is 6.04 Å². The van der Waals surface area contributed by atoms with Crippen LogP contribution in [0.25, 0.3) is 4.96 Å². The summed E-state index contributed by atoms with van der Waals surface area (Å²) in [6.07, 6.45) is 0.846. The summed E-state index contributed by atoms with van der Waals surface area (Å²) in [5, 5.41) is 21.1. The van der Waals surface area contributed by atoms with E-state index in [9.17, 15) is 0 Å². The van der Waals surface area contributed by atoms with E-state index in [0.717, 1.165) is 15.7 Å². The molecule has 0 fully saturated rings. The van der Waals surface area contributed by atoms with Crippen molar-refractivity contribution in [3.05, 3.63) is 5.82 Å². The molecule has 2 N–H and O–H groups in total. The minimum atomic E-state index is -0.157. The highest BCUT2D eigenvalue weighted by Crippen LogP contribution is 2.26. The molecule has 2 rings (SSSR count). The zero-order valence-corrected chi connectivity index (χ0v) is 11.8. The Balaban J connectivity index is 2.24. The van der Waals surface area contributed by atoms with Crippen LogP contribution in [0.2, 0.25) is 0 Å². The van der Waals surface area contributed by atoms with Crippen molar-refractivity contribution in [3.63, 3.8) is 0 Å². The van der Waals surface area contributed by atoms with Crippen LogP contribution in [-0.4, -0.2) is 25.6 Å². The van der Waals surface area contributed by atoms with Gasteiger partial charge in [-0.15, -0.1) is 15.3 Å². The predicted octanol–water partition coefficient (Wildman–Crippen LogP) is 1.85. The molecule has 0 aliphatic carbocycles. The summed E-state index contributed by atoms with van der Waals surface area (Å²) in [6, 6.07) is 1.92. The third-order valence-corrected chi connectivity index (χ3v) is 4.21. The van der Waals surface area contributed by atoms with Gasteiger partial charge in [0.2, 0.25) is 4.96 Å². The van der Waals surface area contributed by atoms with Crippen LogP contribution in [-0.2, 0) is 0 Å². The number of aromatic nitrogens is 4. The average molecular weight is 282 g/mol. The standard InChI is InChI=1S/C10H14N6S2/c1-6(2)5-7(12)8-13-14-9-16(8)15-10(18-9)17-4-3-11/h6-7H,4-5,12H2,1-2H3/t7-/m0/s1. The van der Waals surface area contributed by atoms with Gasteiger partial charge in [0.25, 0.3) is 0 Å². The van der Waals surface area contributed by atoms with Crippen molar-refractivity contribution in [3.8, 4) is 6.07 Å². The number of nitrogens with zero attached hydrogens (tertiary/aromatic N) is 5. The minimum Gasteiger partial charge on any atom is -0.321 e. The quantitative estimate of drug-likeness (QED) is 0.841. The normalized spacial score (nSPS) is 13.1. The molecule has 0 unspecified atom stereocenters. The van der Waals surface area contributed by atoms with Crippen LogP contribution >= 0.6 is 23.1 Å². The average Bonchev–Trinajstić information content (AvgIpc) is 2.83. The van der Waals surface area contributed by atoms with E-state index in [0.29, 0.717) is 17.5 Å². The summed E-state index contributed by atoms with van der Waals surface area (Å²) in [5.41, 5.74) is 6.10. The van der Waals surface area contributed by atoms with Gasteiger partial charge in [-0.25, -0.2) is 0 Å². The molecule has 2 heterocycles. The summed E-state index contributed by atoms with van der Waals surface area (Å²) in [7, 11) is 0. The van der Waals surface area contributed by atoms with Gasteiger partial charge in [0.05, 0.1) is 17.9 Å². The van der Waals surface area contributed by atoms with E-state index in [1.807, 2.05) is 0 Å². The molecule has 6 nitrogen and oxygen atoms in total. The molecule has 0 aromatic carbocycles. The van der Waals surface area contributed by atoms with E-state index in [1.165, 1.54) is 23.1 Å². The monoisotopic (exact) mass is 282 g/mol. The molecule has 0 aliphatic heterocycles. The van der Waals surface area contributed by atoms with Gasteiger partial charge in [-0.05, 0) is 12.3 Å². The first-order valence-electron chi connectivity index (χ1n) is 5.59. The Morgan fingerprint density at radius 2 is 2.28 bits per heavy atom. The molecule has 0 bridgehead atoms. The van der Waals surface area contributed by atoms with Crippen molar-refractivity contribution in [2.24, 2.45) is 11.7 Å². The van der Waals surface area contributed by atoms with Gasteiger partial charge in [-0.2, -0.15) is 9.78 Å². The summed E-state index contributed by atoms with van der Waals surface area (Å²) < 4.78 is 2.51. The van der Waals surface area contributed by atoms with Crippen molar-refractivity contribution in [1.82, 2.24) is 19.8 Å². The molecule has 96 valence electrons. The van der Waals surface area contributed by atoms with Crippen LogP contribution in [0.15, 0.2) is 4.34 Å². The van der Waals surface area contributed by atoms with Gasteiger partial charge < -0.3 is 5.73 Å². The third-order valence-electron chi connectivity index (χ3n) is 2.31. The number of nitriles is 1. The maximum absolute atomic E-state index is 8.55. The fraction of sp³-hybridized carbons (Fsp3) is 0.600. The van der Waals surface area contributed by atoms with Crippen LogP contribution in [0, 0.1) is 17.2 Å². The van der Waals surface area contributed by atoms with E-state index in [1.54, 1.807) is 4.52 Å². The van der Waals surface area contributed by atoms with Gasteiger partial charge in [0, 0.05) is 0 Å². The Morgan fingerprint density at radius 1 is 1.50 bits per heavy atom. The lowest BCUT2D eigenvalue weighted by molar-refractivity contribution is 0.485. The van der Waals surface area contributed by atoms with E-state index >= 15 is 0 Å². The molecule has 1 atom stereocenters. The number of nitrogens with two attached hydrogens (primary N) is 1. The highest BCUT2D eigenvalue weighted by atomic mass is 32.2. The van der Waals surface area contributed by atoms with Gasteiger partial charge in [0.1, 0.15) is 0 Å². The van der Waals surface area contributed by atoms with E-state index in [4.69, 9.17) is 11.0 Å². The molecular formula is C10H14N6S2. The Labute approximate surface area is 113 Å². The number of fused-ring (bicyclic) bond motifs is 1. The first-order chi connectivity index (χ1) is 8.61. The van der Waals surface area contributed by atoms with Gasteiger partial charge >= 0.3 is 0 Å². The van der Waals surface area contributed by atoms with Crippen molar-refractivity contribution >= 4 is 28.1 Å². The van der Waals surface area contributed by atoms with Crippen molar-refractivity contribution in [1.29, 1.82) is 5.26 Å². The Kier molecular flexibility index (Phi) is 4.16. The lowest BCUT2D eigenvalue weighted by Gasteiger charge is -2.10. The smallest absolute Gasteiger partial charge is 0.235 e. The van der Waals surface area contributed by atoms with Gasteiger partial charge in [-0.1, -0.05) is 36.9 Å². The molecule has 0 spiro atoms. The predicted molar refractivity (Wildman–Crippen MR) is 71.4 cm³/mol. The second-order valence-corrected chi connectivity index (χ2v) is 6.48. The first kappa shape index (κ1) is 13.3. The number of rotatable bonds is 5. The Hall–Kier alpha value is -1.17. The van der Waals surface area contributed by atoms with E-state index < -0.39 is 0 Å². The molecular weight excluding hydrogens is 268 g/mol. The molecule has 2 aromatic rings. The second-order valence-electron chi connectivity index (χ2n) is 4.30. The highest BCUT2D eigenvalue weighted by molar-refractivity contribution is 8.01. The van der Waals surface area contributed by atoms with Crippen molar-refractivity contribution in [2.45, 2.75) is 30.6 Å². The van der Waals surface area contributed by atoms with Gasteiger partial charge in [-0.3, -0.25) is 0 Å². The SMILES string of the molecule is CC(C)C[C@H](N)c1nnc2sc(SCC#N)nn12. The maximum Gasteiger partial charge on any atom is 0.235 e. The summed E-state index contributed by atoms with van der Waals surface area (Å²) in [6.45, 7) is 4.24. The molecule has 0 amide bonds. The number of hydrogen-bond acceptors (Lipinski definition) is 7. The van der Waals surface area contributed by atoms with Crippen molar-refractivity contribution in [2.75, 3.05) is 5.75 Å². The Morgan fingerprint density at radius 3 is 2.94 bits per heavy atom. The number of thioether (sulfide) groups is 1. The number of hydrogen-bond donors (Lipinski definition) is 1. The molecule has 0 radical (unpaired) electrons. The van der Waals surface area contributed by atoms with Crippen LogP contribution < -0.4 is 5.73 Å². The fourth-order valence-corrected chi connectivity index (χ4v) is 3.16. The molecule has 8 heteroatoms. The van der Waals surface area contributed by atoms with E-state index in [2.05, 4.69) is 35.2 Å². The first-order valence-corrected chi connectivity index (χ1v) is 7.39. The molecule has 2 aromatic heterocycles. The molecule has 0 aliphatic rings. The van der Waals surface area contributed by atoms with Gasteiger partial charge in [0.15, 0.2) is 10.2 Å². The Bertz CT molecular complexity index is 566. The van der Waals surface area contributed by atoms with Crippen molar-refractivity contribution < 1.29 is 0 Å². The summed E-state index contributed by atoms with van der Waals surface area (Å²) in [4.78, 5) is 0.727. The lowest BCUT2D eigenvalue weighted by Crippen LogP contribution is -2.16. The largest absolute Gasteiger partial charge is 0.321 e. The fourth-order valence-electron chi connectivity index (χ4n) is 1.61. The topological polar surface area (TPSA) is 92.9 Å². The lowest BCUT2D eigenvalue weighted by atomic mass is 10.0. The summed E-state index contributed by atoms with van der Waals surface area (Å²) >= 11 is 2.83. The van der Waals surface area contributed by atoms with Crippen LogP contribution in [0.5, 0.6) is 0 Å². The second kappa shape index (κ2) is 5.65. The molecule has 18 heavy (non-hydrogen) atoms. The third kappa shape index (κ3) is 2.80. The summed E-state index contributed by atoms with van der Waals surface area (Å²) in [5.74, 6) is 1.58. The zero-order chi connectivity index (χ0) is 13.1. The van der Waals surface area contributed by atoms with Crippen LogP contribution in [0.3, 0.4) is 0 Å². The maximum atomic E-state index is 8.55. The van der Waals surface area contributed by atoms with Crippen LogP contribution in [0.1, 0.15) is 32.1 Å². The molecule has 0 saturated heterocycles. The minimum absolute atomic E-state index is 0.157.